The number of carbonyl (C=O) groups is 1. The van der Waals surface area contributed by atoms with Gasteiger partial charge in [-0.25, -0.2) is 0 Å². The quantitative estimate of drug-likeness (QED) is 0.539. The standard InChI is InChI=1S/C13H24N2O2/c1-17-11-12-6-9-15(10-7-12)13(16)5-3-2-4-8-14/h6H,2-5,7-11,14H2,1H3. The second-order valence-corrected chi connectivity index (χ2v) is 4.48. The maximum absolute atomic E-state index is 11.9. The second kappa shape index (κ2) is 8.25. The van der Waals surface area contributed by atoms with E-state index < -0.39 is 0 Å². The molecule has 0 aromatic rings. The van der Waals surface area contributed by atoms with Crippen LogP contribution in [0.15, 0.2) is 11.6 Å². The van der Waals surface area contributed by atoms with E-state index in [9.17, 15) is 4.79 Å². The number of hydrogen-bond donors (Lipinski definition) is 1. The minimum atomic E-state index is 0.273. The highest BCUT2D eigenvalue weighted by molar-refractivity contribution is 5.76. The summed E-state index contributed by atoms with van der Waals surface area (Å²) in [5.41, 5.74) is 6.72. The summed E-state index contributed by atoms with van der Waals surface area (Å²) >= 11 is 0. The first-order valence-electron chi connectivity index (χ1n) is 6.42. The summed E-state index contributed by atoms with van der Waals surface area (Å²) in [6, 6.07) is 0. The molecule has 1 aliphatic rings. The summed E-state index contributed by atoms with van der Waals surface area (Å²) in [6.07, 6.45) is 6.76. The third kappa shape index (κ3) is 5.33. The largest absolute Gasteiger partial charge is 0.380 e. The van der Waals surface area contributed by atoms with Gasteiger partial charge in [-0.1, -0.05) is 12.5 Å². The molecule has 0 aromatic carbocycles. The molecule has 1 amide bonds. The van der Waals surface area contributed by atoms with E-state index in [2.05, 4.69) is 6.08 Å². The average molecular weight is 240 g/mol. The fourth-order valence-electron chi connectivity index (χ4n) is 2.01. The molecule has 17 heavy (non-hydrogen) atoms. The van der Waals surface area contributed by atoms with Crippen molar-refractivity contribution in [2.75, 3.05) is 33.4 Å². The molecule has 0 saturated heterocycles. The van der Waals surface area contributed by atoms with Crippen LogP contribution in [-0.2, 0) is 9.53 Å². The van der Waals surface area contributed by atoms with E-state index in [4.69, 9.17) is 10.5 Å². The molecule has 0 aliphatic carbocycles. The smallest absolute Gasteiger partial charge is 0.222 e. The van der Waals surface area contributed by atoms with Crippen LogP contribution in [0.3, 0.4) is 0 Å². The number of ether oxygens (including phenoxy) is 1. The Balaban J connectivity index is 2.21. The van der Waals surface area contributed by atoms with Crippen LogP contribution in [0.25, 0.3) is 0 Å². The highest BCUT2D eigenvalue weighted by Crippen LogP contribution is 2.13. The van der Waals surface area contributed by atoms with Gasteiger partial charge in [-0.05, 0) is 31.4 Å². The highest BCUT2D eigenvalue weighted by atomic mass is 16.5. The SMILES string of the molecule is COCC1=CCN(C(=O)CCCCCN)CC1. The van der Waals surface area contributed by atoms with Crippen molar-refractivity contribution in [3.8, 4) is 0 Å². The van der Waals surface area contributed by atoms with E-state index in [1.807, 2.05) is 4.90 Å². The van der Waals surface area contributed by atoms with Gasteiger partial charge in [-0.2, -0.15) is 0 Å². The Labute approximate surface area is 104 Å². The molecule has 0 bridgehead atoms. The monoisotopic (exact) mass is 240 g/mol. The van der Waals surface area contributed by atoms with Crippen LogP contribution in [0.4, 0.5) is 0 Å². The lowest BCUT2D eigenvalue weighted by Crippen LogP contribution is -2.35. The number of carbonyl (C=O) groups excluding carboxylic acids is 1. The molecule has 4 heteroatoms. The predicted octanol–water partition coefficient (Wildman–Crippen LogP) is 1.31. The molecule has 1 rings (SSSR count). The first-order valence-corrected chi connectivity index (χ1v) is 6.42. The van der Waals surface area contributed by atoms with Crippen LogP contribution >= 0.6 is 0 Å². The lowest BCUT2D eigenvalue weighted by Gasteiger charge is -2.26. The average Bonchev–Trinajstić information content (AvgIpc) is 2.36. The third-order valence-corrected chi connectivity index (χ3v) is 3.08. The molecule has 2 N–H and O–H groups in total. The minimum Gasteiger partial charge on any atom is -0.380 e. The summed E-state index contributed by atoms with van der Waals surface area (Å²) in [6.45, 7) is 3.00. The van der Waals surface area contributed by atoms with E-state index in [0.29, 0.717) is 13.0 Å². The molecule has 0 aromatic heterocycles. The fraction of sp³-hybridized carbons (Fsp3) is 0.769. The van der Waals surface area contributed by atoms with Gasteiger partial charge >= 0.3 is 0 Å². The van der Waals surface area contributed by atoms with E-state index in [0.717, 1.165) is 45.3 Å². The number of methoxy groups -OCH3 is 1. The molecule has 1 heterocycles. The molecule has 0 radical (unpaired) electrons. The van der Waals surface area contributed by atoms with Crippen molar-refractivity contribution in [2.45, 2.75) is 32.1 Å². The Bertz CT molecular complexity index is 264. The zero-order chi connectivity index (χ0) is 12.5. The molecule has 0 spiro atoms. The predicted molar refractivity (Wildman–Crippen MR) is 68.7 cm³/mol. The number of rotatable bonds is 7. The molecule has 4 nitrogen and oxygen atoms in total. The number of hydrogen-bond acceptors (Lipinski definition) is 3. The van der Waals surface area contributed by atoms with Crippen LogP contribution in [-0.4, -0.2) is 44.2 Å². The van der Waals surface area contributed by atoms with E-state index in [1.54, 1.807) is 7.11 Å². The molecule has 98 valence electrons. The van der Waals surface area contributed by atoms with Crippen molar-refractivity contribution in [3.63, 3.8) is 0 Å². The Morgan fingerprint density at radius 1 is 1.47 bits per heavy atom. The third-order valence-electron chi connectivity index (χ3n) is 3.08. The molecular weight excluding hydrogens is 216 g/mol. The van der Waals surface area contributed by atoms with Gasteiger partial charge in [0.15, 0.2) is 0 Å². The van der Waals surface area contributed by atoms with Crippen LogP contribution in [0, 0.1) is 0 Å². The maximum atomic E-state index is 11.9. The van der Waals surface area contributed by atoms with Crippen LogP contribution in [0.5, 0.6) is 0 Å². The van der Waals surface area contributed by atoms with E-state index in [-0.39, 0.29) is 5.91 Å². The molecule has 0 saturated carbocycles. The second-order valence-electron chi connectivity index (χ2n) is 4.48. The Morgan fingerprint density at radius 3 is 2.88 bits per heavy atom. The number of nitrogens with zero attached hydrogens (tertiary/aromatic N) is 1. The molecular formula is C13H24N2O2. The molecule has 0 atom stereocenters. The molecule has 1 aliphatic heterocycles. The summed E-state index contributed by atoms with van der Waals surface area (Å²) < 4.78 is 5.09. The number of unbranched alkanes of at least 4 members (excludes halogenated alkanes) is 2. The zero-order valence-corrected chi connectivity index (χ0v) is 10.8. The summed E-state index contributed by atoms with van der Waals surface area (Å²) in [5.74, 6) is 0.273. The molecule has 0 fully saturated rings. The summed E-state index contributed by atoms with van der Waals surface area (Å²) in [5, 5.41) is 0. The molecule has 0 unspecified atom stereocenters. The first-order chi connectivity index (χ1) is 8.27. The van der Waals surface area contributed by atoms with Gasteiger partial charge in [-0.3, -0.25) is 4.79 Å². The van der Waals surface area contributed by atoms with Crippen molar-refractivity contribution in [2.24, 2.45) is 5.73 Å². The highest BCUT2D eigenvalue weighted by Gasteiger charge is 2.16. The number of amides is 1. The number of nitrogens with two attached hydrogens (primary N) is 1. The maximum Gasteiger partial charge on any atom is 0.222 e. The first kappa shape index (κ1) is 14.2. The zero-order valence-electron chi connectivity index (χ0n) is 10.8. The van der Waals surface area contributed by atoms with Crippen molar-refractivity contribution in [1.29, 1.82) is 0 Å². The Morgan fingerprint density at radius 2 is 2.29 bits per heavy atom. The van der Waals surface area contributed by atoms with E-state index >= 15 is 0 Å². The fourth-order valence-corrected chi connectivity index (χ4v) is 2.01. The minimum absolute atomic E-state index is 0.273. The summed E-state index contributed by atoms with van der Waals surface area (Å²) in [7, 11) is 1.70. The van der Waals surface area contributed by atoms with Gasteiger partial charge in [0.25, 0.3) is 0 Å². The van der Waals surface area contributed by atoms with Crippen LogP contribution in [0.2, 0.25) is 0 Å². The van der Waals surface area contributed by atoms with Crippen molar-refractivity contribution < 1.29 is 9.53 Å². The van der Waals surface area contributed by atoms with Gasteiger partial charge in [0.05, 0.1) is 6.61 Å². The van der Waals surface area contributed by atoms with Crippen molar-refractivity contribution >= 4 is 5.91 Å². The normalized spacial score (nSPS) is 15.9. The van der Waals surface area contributed by atoms with Gasteiger partial charge in [0.1, 0.15) is 0 Å². The van der Waals surface area contributed by atoms with E-state index in [1.165, 1.54) is 5.57 Å². The Hall–Kier alpha value is -0.870. The van der Waals surface area contributed by atoms with Crippen molar-refractivity contribution in [1.82, 2.24) is 4.90 Å². The van der Waals surface area contributed by atoms with Gasteiger partial charge < -0.3 is 15.4 Å². The topological polar surface area (TPSA) is 55.6 Å². The van der Waals surface area contributed by atoms with Gasteiger partial charge in [0, 0.05) is 26.6 Å². The van der Waals surface area contributed by atoms with Crippen LogP contribution < -0.4 is 5.73 Å². The Kier molecular flexibility index (Phi) is 6.89. The summed E-state index contributed by atoms with van der Waals surface area (Å²) in [4.78, 5) is 13.8. The van der Waals surface area contributed by atoms with Crippen LogP contribution in [0.1, 0.15) is 32.1 Å². The lowest BCUT2D eigenvalue weighted by atomic mass is 10.1. The van der Waals surface area contributed by atoms with Gasteiger partial charge in [0.2, 0.25) is 5.91 Å². The van der Waals surface area contributed by atoms with Crippen molar-refractivity contribution in [3.05, 3.63) is 11.6 Å². The lowest BCUT2D eigenvalue weighted by molar-refractivity contribution is -0.131. The van der Waals surface area contributed by atoms with Gasteiger partial charge in [-0.15, -0.1) is 0 Å².